The van der Waals surface area contributed by atoms with E-state index in [0.717, 1.165) is 10.2 Å². The summed E-state index contributed by atoms with van der Waals surface area (Å²) in [7, 11) is 1.48. The first-order chi connectivity index (χ1) is 14.8. The molecule has 0 radical (unpaired) electrons. The third-order valence-corrected chi connectivity index (χ3v) is 4.89. The van der Waals surface area contributed by atoms with Crippen molar-refractivity contribution < 1.29 is 14.7 Å². The van der Waals surface area contributed by atoms with Crippen LogP contribution in [0.5, 0.6) is 0 Å². The van der Waals surface area contributed by atoms with E-state index in [1.54, 1.807) is 12.1 Å². The zero-order valence-electron chi connectivity index (χ0n) is 17.7. The van der Waals surface area contributed by atoms with Crippen molar-refractivity contribution in [3.05, 3.63) is 76.6 Å². The van der Waals surface area contributed by atoms with Crippen molar-refractivity contribution in [3.63, 3.8) is 0 Å². The van der Waals surface area contributed by atoms with E-state index in [2.05, 4.69) is 10.4 Å². The number of hydrogen-bond donors (Lipinski definition) is 2. The van der Waals surface area contributed by atoms with Crippen molar-refractivity contribution in [2.24, 2.45) is 13.0 Å². The second-order valence-corrected chi connectivity index (χ2v) is 7.75. The van der Waals surface area contributed by atoms with Crippen molar-refractivity contribution in [1.82, 2.24) is 15.1 Å². The van der Waals surface area contributed by atoms with Crippen LogP contribution in [0.1, 0.15) is 30.6 Å². The van der Waals surface area contributed by atoms with Crippen LogP contribution in [0.15, 0.2) is 65.5 Å². The molecule has 0 bridgehead atoms. The van der Waals surface area contributed by atoms with Gasteiger partial charge < -0.3 is 10.4 Å². The predicted molar refractivity (Wildman–Crippen MR) is 119 cm³/mol. The molecule has 1 unspecified atom stereocenters. The van der Waals surface area contributed by atoms with Gasteiger partial charge >= 0.3 is 5.97 Å². The SMILES string of the molecule is CC(C)CC(NC(=O)c1c(-c2ccccc2)c(-c2ccccc2)nn(C)c1=O)C(=O)O. The van der Waals surface area contributed by atoms with Crippen molar-refractivity contribution in [2.45, 2.75) is 26.3 Å². The zero-order valence-corrected chi connectivity index (χ0v) is 17.7. The van der Waals surface area contributed by atoms with Crippen LogP contribution in [0.4, 0.5) is 0 Å². The number of carbonyl (C=O) groups excluding carboxylic acids is 1. The molecule has 0 aliphatic rings. The normalized spacial score (nSPS) is 11.9. The van der Waals surface area contributed by atoms with Crippen molar-refractivity contribution in [3.8, 4) is 22.4 Å². The molecule has 1 aromatic heterocycles. The Morgan fingerprint density at radius 3 is 2.06 bits per heavy atom. The van der Waals surface area contributed by atoms with Crippen LogP contribution >= 0.6 is 0 Å². The summed E-state index contributed by atoms with van der Waals surface area (Å²) < 4.78 is 1.11. The molecule has 1 amide bonds. The number of hydrogen-bond acceptors (Lipinski definition) is 4. The molecule has 160 valence electrons. The Morgan fingerprint density at radius 1 is 1.00 bits per heavy atom. The van der Waals surface area contributed by atoms with E-state index in [1.165, 1.54) is 7.05 Å². The molecular formula is C24H25N3O4. The van der Waals surface area contributed by atoms with Gasteiger partial charge in [-0.25, -0.2) is 9.48 Å². The molecule has 7 nitrogen and oxygen atoms in total. The van der Waals surface area contributed by atoms with Gasteiger partial charge in [0.15, 0.2) is 0 Å². The number of amides is 1. The highest BCUT2D eigenvalue weighted by Crippen LogP contribution is 2.31. The molecule has 0 aliphatic carbocycles. The average Bonchev–Trinajstić information content (AvgIpc) is 2.75. The second kappa shape index (κ2) is 9.38. The van der Waals surface area contributed by atoms with E-state index in [-0.39, 0.29) is 17.9 Å². The number of aromatic nitrogens is 2. The van der Waals surface area contributed by atoms with Crippen molar-refractivity contribution in [1.29, 1.82) is 0 Å². The van der Waals surface area contributed by atoms with Crippen LogP contribution in [-0.4, -0.2) is 32.8 Å². The van der Waals surface area contributed by atoms with E-state index in [0.29, 0.717) is 16.8 Å². The largest absolute Gasteiger partial charge is 0.480 e. The summed E-state index contributed by atoms with van der Waals surface area (Å²) in [4.78, 5) is 38.0. The van der Waals surface area contributed by atoms with Gasteiger partial charge in [0.05, 0.1) is 5.69 Å². The van der Waals surface area contributed by atoms with Crippen LogP contribution in [-0.2, 0) is 11.8 Å². The third-order valence-electron chi connectivity index (χ3n) is 4.89. The number of carboxylic acid groups (broad SMARTS) is 1. The highest BCUT2D eigenvalue weighted by molar-refractivity contribution is 6.04. The van der Waals surface area contributed by atoms with Gasteiger partial charge in [0.2, 0.25) is 0 Å². The van der Waals surface area contributed by atoms with Gasteiger partial charge in [0, 0.05) is 18.2 Å². The van der Waals surface area contributed by atoms with Crippen LogP contribution in [0, 0.1) is 5.92 Å². The number of nitrogens with one attached hydrogen (secondary N) is 1. The Balaban J connectivity index is 2.24. The summed E-state index contributed by atoms with van der Waals surface area (Å²) >= 11 is 0. The summed E-state index contributed by atoms with van der Waals surface area (Å²) in [5.41, 5.74) is 1.51. The summed E-state index contributed by atoms with van der Waals surface area (Å²) in [6.45, 7) is 3.74. The summed E-state index contributed by atoms with van der Waals surface area (Å²) in [5.74, 6) is -1.82. The lowest BCUT2D eigenvalue weighted by Crippen LogP contribution is -2.44. The molecule has 0 fully saturated rings. The highest BCUT2D eigenvalue weighted by atomic mass is 16.4. The van der Waals surface area contributed by atoms with Gasteiger partial charge in [0.1, 0.15) is 11.6 Å². The standard InChI is InChI=1S/C24H25N3O4/c1-15(2)14-18(24(30)31)25-22(28)20-19(16-10-6-4-7-11-16)21(26-27(3)23(20)29)17-12-8-5-9-13-17/h4-13,15,18H,14H2,1-3H3,(H,25,28)(H,30,31). The summed E-state index contributed by atoms with van der Waals surface area (Å²) in [6.07, 6.45) is 0.249. The monoisotopic (exact) mass is 419 g/mol. The number of carbonyl (C=O) groups is 2. The van der Waals surface area contributed by atoms with Gasteiger partial charge in [-0.15, -0.1) is 0 Å². The van der Waals surface area contributed by atoms with Gasteiger partial charge in [-0.1, -0.05) is 74.5 Å². The molecular weight excluding hydrogens is 394 g/mol. The van der Waals surface area contributed by atoms with Crippen molar-refractivity contribution in [2.75, 3.05) is 0 Å². The first kappa shape index (κ1) is 22.0. The number of aliphatic carboxylic acids is 1. The second-order valence-electron chi connectivity index (χ2n) is 7.75. The molecule has 3 rings (SSSR count). The topological polar surface area (TPSA) is 101 Å². The molecule has 2 aromatic carbocycles. The number of carboxylic acids is 1. The van der Waals surface area contributed by atoms with Crippen molar-refractivity contribution >= 4 is 11.9 Å². The Labute approximate surface area is 180 Å². The lowest BCUT2D eigenvalue weighted by atomic mass is 9.94. The molecule has 0 saturated carbocycles. The molecule has 0 spiro atoms. The van der Waals surface area contributed by atoms with Gasteiger partial charge in [0.25, 0.3) is 11.5 Å². The maximum absolute atomic E-state index is 13.3. The fourth-order valence-electron chi connectivity index (χ4n) is 3.45. The fourth-order valence-corrected chi connectivity index (χ4v) is 3.45. The molecule has 31 heavy (non-hydrogen) atoms. The smallest absolute Gasteiger partial charge is 0.326 e. The first-order valence-electron chi connectivity index (χ1n) is 10.1. The Hall–Kier alpha value is -3.74. The number of aryl methyl sites for hydroxylation is 1. The molecule has 1 heterocycles. The number of benzene rings is 2. The van der Waals surface area contributed by atoms with Gasteiger partial charge in [-0.3, -0.25) is 9.59 Å². The maximum Gasteiger partial charge on any atom is 0.326 e. The first-order valence-corrected chi connectivity index (χ1v) is 10.1. The van der Waals surface area contributed by atoms with E-state index < -0.39 is 23.5 Å². The fraction of sp³-hybridized carbons (Fsp3) is 0.250. The molecule has 0 saturated heterocycles. The Kier molecular flexibility index (Phi) is 6.65. The lowest BCUT2D eigenvalue weighted by Gasteiger charge is -2.19. The summed E-state index contributed by atoms with van der Waals surface area (Å²) in [5, 5.41) is 16.5. The third kappa shape index (κ3) is 4.88. The van der Waals surface area contributed by atoms with E-state index >= 15 is 0 Å². The Morgan fingerprint density at radius 2 is 1.55 bits per heavy atom. The average molecular weight is 419 g/mol. The van der Waals surface area contributed by atoms with E-state index in [1.807, 2.05) is 62.4 Å². The van der Waals surface area contributed by atoms with Crippen LogP contribution < -0.4 is 10.9 Å². The lowest BCUT2D eigenvalue weighted by molar-refractivity contribution is -0.139. The predicted octanol–water partition coefficient (Wildman–Crippen LogP) is 3.34. The quantitative estimate of drug-likeness (QED) is 0.612. The highest BCUT2D eigenvalue weighted by Gasteiger charge is 2.28. The maximum atomic E-state index is 13.3. The van der Waals surface area contributed by atoms with Gasteiger partial charge in [-0.05, 0) is 17.9 Å². The summed E-state index contributed by atoms with van der Waals surface area (Å²) in [6, 6.07) is 17.2. The van der Waals surface area contributed by atoms with E-state index in [9.17, 15) is 19.5 Å². The number of rotatable bonds is 7. The molecule has 2 N–H and O–H groups in total. The zero-order chi connectivity index (χ0) is 22.5. The van der Waals surface area contributed by atoms with Crippen LogP contribution in [0.25, 0.3) is 22.4 Å². The minimum Gasteiger partial charge on any atom is -0.480 e. The molecule has 1 atom stereocenters. The Bertz CT molecular complexity index is 1140. The van der Waals surface area contributed by atoms with Crippen LogP contribution in [0.3, 0.4) is 0 Å². The molecule has 3 aromatic rings. The minimum absolute atomic E-state index is 0.0511. The van der Waals surface area contributed by atoms with Crippen LogP contribution in [0.2, 0.25) is 0 Å². The van der Waals surface area contributed by atoms with Gasteiger partial charge in [-0.2, -0.15) is 5.10 Å². The number of nitrogens with zero attached hydrogens (tertiary/aromatic N) is 2. The molecule has 0 aliphatic heterocycles. The van der Waals surface area contributed by atoms with E-state index in [4.69, 9.17) is 0 Å². The molecule has 7 heteroatoms. The minimum atomic E-state index is -1.14.